The molecule has 6 heteroatoms. The van der Waals surface area contributed by atoms with Crippen molar-refractivity contribution in [1.82, 2.24) is 4.98 Å². The highest BCUT2D eigenvalue weighted by atomic mass is 127. The zero-order valence-corrected chi connectivity index (χ0v) is 17.6. The van der Waals surface area contributed by atoms with Gasteiger partial charge in [0.1, 0.15) is 0 Å². The first-order valence-electron chi connectivity index (χ1n) is 7.91. The summed E-state index contributed by atoms with van der Waals surface area (Å²) in [6.45, 7) is 3.29. The summed E-state index contributed by atoms with van der Waals surface area (Å²) in [7, 11) is 0. The van der Waals surface area contributed by atoms with Crippen LogP contribution in [-0.2, 0) is 0 Å². The lowest BCUT2D eigenvalue weighted by Gasteiger charge is -2.16. The van der Waals surface area contributed by atoms with Crippen LogP contribution >= 0.6 is 46.0 Å². The molecule has 0 aliphatic heterocycles. The third-order valence-electron chi connectivity index (χ3n) is 4.22. The molecule has 0 spiro atoms. The van der Waals surface area contributed by atoms with E-state index in [0.717, 1.165) is 17.7 Å². The molecule has 2 aromatic rings. The van der Waals surface area contributed by atoms with Crippen LogP contribution in [0.5, 0.6) is 0 Å². The molecule has 0 amide bonds. The van der Waals surface area contributed by atoms with Crippen LogP contribution in [0.2, 0.25) is 5.02 Å². The normalized spacial score (nSPS) is 17.0. The van der Waals surface area contributed by atoms with Crippen LogP contribution in [0.4, 0.5) is 0 Å². The Morgan fingerprint density at radius 2 is 2.20 bits per heavy atom. The van der Waals surface area contributed by atoms with Crippen LogP contribution in [0, 0.1) is 12.8 Å². The Morgan fingerprint density at radius 3 is 2.84 bits per heavy atom. The maximum atomic E-state index is 12.9. The van der Waals surface area contributed by atoms with Crippen molar-refractivity contribution in [3.63, 3.8) is 0 Å². The van der Waals surface area contributed by atoms with Gasteiger partial charge in [-0.25, -0.2) is 0 Å². The second kappa shape index (κ2) is 7.68. The van der Waals surface area contributed by atoms with Gasteiger partial charge in [-0.15, -0.1) is 11.8 Å². The SMILES string of the molecule is CC(=O)c1c(SCC2C=CC(I)=CC2)[nH]c2c(Cl)ccc(C)c2c1=O. The number of H-pyrrole nitrogens is 1. The van der Waals surface area contributed by atoms with Crippen LogP contribution in [0.1, 0.15) is 29.3 Å². The van der Waals surface area contributed by atoms with Crippen LogP contribution < -0.4 is 5.43 Å². The van der Waals surface area contributed by atoms with Gasteiger partial charge in [0.05, 0.1) is 26.5 Å². The molecule has 0 radical (unpaired) electrons. The molecule has 25 heavy (non-hydrogen) atoms. The Balaban J connectivity index is 2.03. The number of halogens is 2. The zero-order chi connectivity index (χ0) is 18.1. The number of hydrogen-bond donors (Lipinski definition) is 1. The predicted molar refractivity (Wildman–Crippen MR) is 114 cm³/mol. The Labute approximate surface area is 169 Å². The quantitative estimate of drug-likeness (QED) is 0.344. The number of rotatable bonds is 4. The molecule has 1 aliphatic rings. The number of carbonyl (C=O) groups is 1. The Hall–Kier alpha value is -1.05. The molecule has 0 fully saturated rings. The van der Waals surface area contributed by atoms with Gasteiger partial charge >= 0.3 is 0 Å². The number of hydrogen-bond acceptors (Lipinski definition) is 3. The van der Waals surface area contributed by atoms with Gasteiger partial charge in [0.15, 0.2) is 5.78 Å². The fourth-order valence-electron chi connectivity index (χ4n) is 2.88. The Kier molecular flexibility index (Phi) is 5.75. The summed E-state index contributed by atoms with van der Waals surface area (Å²) in [6.07, 6.45) is 7.44. The molecule has 1 aliphatic carbocycles. The molecule has 0 bridgehead atoms. The number of fused-ring (bicyclic) bond motifs is 1. The van der Waals surface area contributed by atoms with Crippen LogP contribution in [0.3, 0.4) is 0 Å². The smallest absolute Gasteiger partial charge is 0.201 e. The number of aromatic nitrogens is 1. The molecule has 1 unspecified atom stereocenters. The molecule has 0 saturated heterocycles. The number of aromatic amines is 1. The number of pyridine rings is 1. The van der Waals surface area contributed by atoms with E-state index in [2.05, 4.69) is 45.8 Å². The van der Waals surface area contributed by atoms with Crippen molar-refractivity contribution in [2.75, 3.05) is 5.75 Å². The summed E-state index contributed by atoms with van der Waals surface area (Å²) in [5.41, 5.74) is 1.41. The van der Waals surface area contributed by atoms with E-state index in [1.165, 1.54) is 22.3 Å². The number of allylic oxidation sites excluding steroid dienone is 4. The van der Waals surface area contributed by atoms with Gasteiger partial charge in [-0.3, -0.25) is 9.59 Å². The van der Waals surface area contributed by atoms with Crippen molar-refractivity contribution in [2.45, 2.75) is 25.3 Å². The molecular weight excluding hydrogens is 469 g/mol. The van der Waals surface area contributed by atoms with Crippen molar-refractivity contribution < 1.29 is 4.79 Å². The van der Waals surface area contributed by atoms with E-state index in [0.29, 0.717) is 26.9 Å². The number of aryl methyl sites for hydroxylation is 1. The molecular formula is C19H17ClINO2S. The second-order valence-electron chi connectivity index (χ2n) is 6.08. The van der Waals surface area contributed by atoms with Crippen LogP contribution in [0.15, 0.2) is 43.8 Å². The first-order chi connectivity index (χ1) is 11.9. The van der Waals surface area contributed by atoms with Gasteiger partial charge in [-0.05, 0) is 60.4 Å². The number of ketones is 1. The van der Waals surface area contributed by atoms with Crippen molar-refractivity contribution >= 4 is 62.6 Å². The van der Waals surface area contributed by atoms with E-state index in [1.807, 2.05) is 6.92 Å². The molecule has 1 aromatic heterocycles. The zero-order valence-electron chi connectivity index (χ0n) is 13.9. The maximum Gasteiger partial charge on any atom is 0.201 e. The minimum atomic E-state index is -0.239. The summed E-state index contributed by atoms with van der Waals surface area (Å²) in [4.78, 5) is 28.3. The monoisotopic (exact) mass is 485 g/mol. The summed E-state index contributed by atoms with van der Waals surface area (Å²) < 4.78 is 1.24. The van der Waals surface area contributed by atoms with E-state index >= 15 is 0 Å². The number of benzene rings is 1. The van der Waals surface area contributed by atoms with Gasteiger partial charge in [-0.1, -0.05) is 35.9 Å². The topological polar surface area (TPSA) is 49.9 Å². The molecule has 1 aromatic carbocycles. The number of nitrogens with one attached hydrogen (secondary N) is 1. The standard InChI is InChI=1S/C19H17ClINO2S/c1-10-3-8-14(20)17-15(10)18(24)16(11(2)23)19(22-17)25-9-12-4-6-13(21)7-5-12/h3-4,6-8,12H,5,9H2,1-2H3,(H,22,24). The number of thioether (sulfide) groups is 1. The average molecular weight is 486 g/mol. The largest absolute Gasteiger partial charge is 0.348 e. The molecule has 3 nitrogen and oxygen atoms in total. The lowest BCUT2D eigenvalue weighted by atomic mass is 10.0. The van der Waals surface area contributed by atoms with E-state index in [-0.39, 0.29) is 16.8 Å². The molecule has 1 atom stereocenters. The van der Waals surface area contributed by atoms with Crippen molar-refractivity contribution in [1.29, 1.82) is 0 Å². The minimum absolute atomic E-state index is 0.223. The number of carbonyl (C=O) groups excluding carboxylic acids is 1. The van der Waals surface area contributed by atoms with Gasteiger partial charge in [-0.2, -0.15) is 0 Å². The average Bonchev–Trinajstić information content (AvgIpc) is 2.57. The van der Waals surface area contributed by atoms with E-state index in [4.69, 9.17) is 11.6 Å². The Morgan fingerprint density at radius 1 is 1.44 bits per heavy atom. The summed E-state index contributed by atoms with van der Waals surface area (Å²) in [5, 5.41) is 1.59. The summed E-state index contributed by atoms with van der Waals surface area (Å²) in [6, 6.07) is 3.57. The molecule has 3 rings (SSSR count). The van der Waals surface area contributed by atoms with Crippen molar-refractivity contribution in [3.8, 4) is 0 Å². The van der Waals surface area contributed by atoms with Crippen molar-refractivity contribution in [3.05, 3.63) is 60.3 Å². The highest BCUT2D eigenvalue weighted by Crippen LogP contribution is 2.31. The van der Waals surface area contributed by atoms with Gasteiger partial charge in [0.2, 0.25) is 5.43 Å². The number of Topliss-reactive ketones (excluding diaryl/α,β-unsaturated/α-hetero) is 1. The van der Waals surface area contributed by atoms with E-state index in [9.17, 15) is 9.59 Å². The third kappa shape index (κ3) is 3.88. The van der Waals surface area contributed by atoms with Crippen molar-refractivity contribution in [2.24, 2.45) is 5.92 Å². The van der Waals surface area contributed by atoms with Crippen LogP contribution in [0.25, 0.3) is 10.9 Å². The highest BCUT2D eigenvalue weighted by molar-refractivity contribution is 14.1. The minimum Gasteiger partial charge on any atom is -0.348 e. The van der Waals surface area contributed by atoms with Gasteiger partial charge in [0, 0.05) is 9.33 Å². The second-order valence-corrected chi connectivity index (χ2v) is 8.77. The van der Waals surface area contributed by atoms with E-state index in [1.54, 1.807) is 12.1 Å². The molecule has 0 saturated carbocycles. The molecule has 1 heterocycles. The van der Waals surface area contributed by atoms with E-state index < -0.39 is 0 Å². The predicted octanol–water partition coefficient (Wildman–Crippen LogP) is 5.68. The molecule has 130 valence electrons. The highest BCUT2D eigenvalue weighted by Gasteiger charge is 2.20. The lowest BCUT2D eigenvalue weighted by molar-refractivity contribution is 0.101. The third-order valence-corrected chi connectivity index (χ3v) is 6.52. The summed E-state index contributed by atoms with van der Waals surface area (Å²) in [5.74, 6) is 0.955. The first kappa shape index (κ1) is 18.7. The maximum absolute atomic E-state index is 12.9. The fraction of sp³-hybridized carbons (Fsp3) is 0.263. The fourth-order valence-corrected chi connectivity index (χ4v) is 4.73. The molecule has 1 N–H and O–H groups in total. The first-order valence-corrected chi connectivity index (χ1v) is 10.4. The van der Waals surface area contributed by atoms with Gasteiger partial charge in [0.25, 0.3) is 0 Å². The van der Waals surface area contributed by atoms with Gasteiger partial charge < -0.3 is 4.98 Å². The summed E-state index contributed by atoms with van der Waals surface area (Å²) >= 11 is 10.1. The lowest BCUT2D eigenvalue weighted by Crippen LogP contribution is -2.18. The van der Waals surface area contributed by atoms with Crippen LogP contribution in [-0.4, -0.2) is 16.5 Å². The Bertz CT molecular complexity index is 978.